The van der Waals surface area contributed by atoms with Crippen molar-refractivity contribution in [2.45, 2.75) is 26.0 Å². The number of aliphatic hydroxyl groups excluding tert-OH is 1. The third kappa shape index (κ3) is 6.00. The molecule has 19 heavy (non-hydrogen) atoms. The summed E-state index contributed by atoms with van der Waals surface area (Å²) in [5.41, 5.74) is 1.14. The summed E-state index contributed by atoms with van der Waals surface area (Å²) < 4.78 is 4.93. The molecule has 0 saturated carbocycles. The maximum atomic E-state index is 9.71. The molecule has 0 aliphatic carbocycles. The Balaban J connectivity index is 2.55. The summed E-state index contributed by atoms with van der Waals surface area (Å²) in [6, 6.07) is 4.00. The van der Waals surface area contributed by atoms with E-state index in [1.807, 2.05) is 13.1 Å². The molecule has 0 aromatic carbocycles. The van der Waals surface area contributed by atoms with Crippen molar-refractivity contribution in [2.24, 2.45) is 0 Å². The lowest BCUT2D eigenvalue weighted by molar-refractivity contribution is 0.0419. The number of aromatic nitrogens is 1. The number of ether oxygens (including phenoxy) is 1. The minimum atomic E-state index is -0.460. The van der Waals surface area contributed by atoms with E-state index in [0.29, 0.717) is 13.2 Å². The molecule has 1 aromatic heterocycles. The van der Waals surface area contributed by atoms with Crippen molar-refractivity contribution in [1.29, 1.82) is 0 Å². The van der Waals surface area contributed by atoms with Crippen molar-refractivity contribution in [3.63, 3.8) is 0 Å². The van der Waals surface area contributed by atoms with Crippen LogP contribution in [0.4, 0.5) is 5.82 Å². The number of likely N-dealkylation sites (N-methyl/N-ethyl adjacent to an activating group) is 1. The zero-order valence-electron chi connectivity index (χ0n) is 12.1. The smallest absolute Gasteiger partial charge is 0.130 e. The average molecular weight is 267 g/mol. The molecule has 2 N–H and O–H groups in total. The van der Waals surface area contributed by atoms with E-state index >= 15 is 0 Å². The summed E-state index contributed by atoms with van der Waals surface area (Å²) >= 11 is 0. The molecule has 0 amide bonds. The van der Waals surface area contributed by atoms with E-state index in [1.54, 1.807) is 13.3 Å². The molecule has 1 rings (SSSR count). The molecule has 1 heterocycles. The molecule has 1 aromatic rings. The zero-order chi connectivity index (χ0) is 14.1. The van der Waals surface area contributed by atoms with Gasteiger partial charge >= 0.3 is 0 Å². The monoisotopic (exact) mass is 267 g/mol. The highest BCUT2D eigenvalue weighted by Gasteiger charge is 2.10. The van der Waals surface area contributed by atoms with Gasteiger partial charge in [-0.05, 0) is 19.5 Å². The molecule has 0 aliphatic rings. The van der Waals surface area contributed by atoms with Gasteiger partial charge < -0.3 is 15.2 Å². The van der Waals surface area contributed by atoms with Crippen LogP contribution < -0.4 is 5.32 Å². The first-order valence-corrected chi connectivity index (χ1v) is 6.70. The number of nitrogens with one attached hydrogen (secondary N) is 1. The standard InChI is InChI=1S/C14H25N3O2/c1-4-7-15-14-12(6-5-8-16-14)9-17(2)10-13(18)11-19-3/h5-6,8,13,18H,4,7,9-11H2,1-3H3,(H,15,16). The van der Waals surface area contributed by atoms with Crippen molar-refractivity contribution in [3.8, 4) is 0 Å². The van der Waals surface area contributed by atoms with Crippen molar-refractivity contribution < 1.29 is 9.84 Å². The van der Waals surface area contributed by atoms with Crippen LogP contribution in [0.3, 0.4) is 0 Å². The van der Waals surface area contributed by atoms with Gasteiger partial charge in [-0.25, -0.2) is 4.98 Å². The Morgan fingerprint density at radius 1 is 1.53 bits per heavy atom. The van der Waals surface area contributed by atoms with Crippen molar-refractivity contribution >= 4 is 5.82 Å². The number of nitrogens with zero attached hydrogens (tertiary/aromatic N) is 2. The lowest BCUT2D eigenvalue weighted by Gasteiger charge is -2.21. The van der Waals surface area contributed by atoms with Crippen molar-refractivity contribution in [3.05, 3.63) is 23.9 Å². The summed E-state index contributed by atoms with van der Waals surface area (Å²) in [5.74, 6) is 0.928. The van der Waals surface area contributed by atoms with Crippen molar-refractivity contribution in [1.82, 2.24) is 9.88 Å². The minimum absolute atomic E-state index is 0.359. The summed E-state index contributed by atoms with van der Waals surface area (Å²) in [4.78, 5) is 6.43. The molecule has 0 bridgehead atoms. The Bertz CT molecular complexity index is 360. The van der Waals surface area contributed by atoms with Crippen LogP contribution in [-0.2, 0) is 11.3 Å². The van der Waals surface area contributed by atoms with Crippen LogP contribution in [0.1, 0.15) is 18.9 Å². The van der Waals surface area contributed by atoms with E-state index in [2.05, 4.69) is 28.2 Å². The Morgan fingerprint density at radius 3 is 3.00 bits per heavy atom. The van der Waals surface area contributed by atoms with Crippen LogP contribution in [0.5, 0.6) is 0 Å². The second-order valence-electron chi connectivity index (χ2n) is 4.74. The van der Waals surface area contributed by atoms with Crippen LogP contribution in [0.15, 0.2) is 18.3 Å². The molecule has 1 atom stereocenters. The SMILES string of the molecule is CCCNc1ncccc1CN(C)CC(O)COC. The van der Waals surface area contributed by atoms with E-state index in [0.717, 1.165) is 30.9 Å². The fourth-order valence-corrected chi connectivity index (χ4v) is 1.93. The minimum Gasteiger partial charge on any atom is -0.389 e. The Labute approximate surface area is 115 Å². The van der Waals surface area contributed by atoms with E-state index in [1.165, 1.54) is 0 Å². The summed E-state index contributed by atoms with van der Waals surface area (Å²) in [6.45, 7) is 4.73. The second-order valence-corrected chi connectivity index (χ2v) is 4.74. The molecule has 0 radical (unpaired) electrons. The fourth-order valence-electron chi connectivity index (χ4n) is 1.93. The first-order chi connectivity index (χ1) is 9.17. The quantitative estimate of drug-likeness (QED) is 0.707. The highest BCUT2D eigenvalue weighted by molar-refractivity contribution is 5.43. The maximum Gasteiger partial charge on any atom is 0.130 e. The van der Waals surface area contributed by atoms with Crippen molar-refractivity contribution in [2.75, 3.05) is 39.2 Å². The first kappa shape index (κ1) is 15.9. The molecule has 0 fully saturated rings. The molecule has 0 aliphatic heterocycles. The van der Waals surface area contributed by atoms with E-state index in [-0.39, 0.29) is 0 Å². The van der Waals surface area contributed by atoms with Crippen LogP contribution in [0, 0.1) is 0 Å². The number of methoxy groups -OCH3 is 1. The maximum absolute atomic E-state index is 9.71. The second kappa shape index (κ2) is 8.85. The number of aliphatic hydroxyl groups is 1. The third-order valence-corrected chi connectivity index (χ3v) is 2.76. The number of hydrogen-bond donors (Lipinski definition) is 2. The molecule has 5 nitrogen and oxygen atoms in total. The summed E-state index contributed by atoms with van der Waals surface area (Å²) in [6.07, 6.45) is 2.40. The molecule has 5 heteroatoms. The van der Waals surface area contributed by atoms with Gasteiger partial charge in [0, 0.05) is 38.5 Å². The summed E-state index contributed by atoms with van der Waals surface area (Å²) in [7, 11) is 3.58. The Hall–Kier alpha value is -1.17. The highest BCUT2D eigenvalue weighted by atomic mass is 16.5. The average Bonchev–Trinajstić information content (AvgIpc) is 2.37. The van der Waals surface area contributed by atoms with Gasteiger partial charge in [0.1, 0.15) is 5.82 Å². The fraction of sp³-hybridized carbons (Fsp3) is 0.643. The van der Waals surface area contributed by atoms with Crippen LogP contribution in [0.2, 0.25) is 0 Å². The van der Waals surface area contributed by atoms with E-state index in [4.69, 9.17) is 4.74 Å². The number of pyridine rings is 1. The zero-order valence-corrected chi connectivity index (χ0v) is 12.1. The normalized spacial score (nSPS) is 12.7. The number of rotatable bonds is 9. The highest BCUT2D eigenvalue weighted by Crippen LogP contribution is 2.13. The Morgan fingerprint density at radius 2 is 2.32 bits per heavy atom. The van der Waals surface area contributed by atoms with Crippen LogP contribution >= 0.6 is 0 Å². The lowest BCUT2D eigenvalue weighted by Crippen LogP contribution is -2.31. The molecule has 108 valence electrons. The van der Waals surface area contributed by atoms with Gasteiger partial charge in [0.25, 0.3) is 0 Å². The van der Waals surface area contributed by atoms with Gasteiger partial charge in [-0.1, -0.05) is 13.0 Å². The third-order valence-electron chi connectivity index (χ3n) is 2.76. The Kier molecular flexibility index (Phi) is 7.40. The largest absolute Gasteiger partial charge is 0.389 e. The topological polar surface area (TPSA) is 57.6 Å². The predicted octanol–water partition coefficient (Wildman–Crippen LogP) is 1.34. The van der Waals surface area contributed by atoms with Gasteiger partial charge in [0.2, 0.25) is 0 Å². The van der Waals surface area contributed by atoms with Gasteiger partial charge in [-0.2, -0.15) is 0 Å². The van der Waals surface area contributed by atoms with Crippen LogP contribution in [-0.4, -0.2) is 54.9 Å². The summed E-state index contributed by atoms with van der Waals surface area (Å²) in [5, 5.41) is 13.0. The molecular weight excluding hydrogens is 242 g/mol. The molecule has 1 unspecified atom stereocenters. The van der Waals surface area contributed by atoms with Gasteiger partial charge in [-0.15, -0.1) is 0 Å². The number of anilines is 1. The molecular formula is C14H25N3O2. The molecule has 0 spiro atoms. The lowest BCUT2D eigenvalue weighted by atomic mass is 10.2. The number of hydrogen-bond acceptors (Lipinski definition) is 5. The first-order valence-electron chi connectivity index (χ1n) is 6.70. The predicted molar refractivity (Wildman–Crippen MR) is 77.2 cm³/mol. The van der Waals surface area contributed by atoms with Gasteiger partial charge in [-0.3, -0.25) is 4.90 Å². The molecule has 0 saturated heterocycles. The van der Waals surface area contributed by atoms with Crippen LogP contribution in [0.25, 0.3) is 0 Å². The van der Waals surface area contributed by atoms with E-state index in [9.17, 15) is 5.11 Å². The van der Waals surface area contributed by atoms with Gasteiger partial charge in [0.05, 0.1) is 12.7 Å². The van der Waals surface area contributed by atoms with E-state index < -0.39 is 6.10 Å². The van der Waals surface area contributed by atoms with Gasteiger partial charge in [0.15, 0.2) is 0 Å².